The zero-order valence-electron chi connectivity index (χ0n) is 10.8. The number of nitrogens with one attached hydrogen (secondary N) is 1. The number of benzene rings is 1. The van der Waals surface area contributed by atoms with Crippen LogP contribution in [0.25, 0.3) is 0 Å². The minimum atomic E-state index is -4.64. The molecule has 0 bridgehead atoms. The lowest BCUT2D eigenvalue weighted by molar-refractivity contribution is -0.274. The minimum absolute atomic E-state index is 0.0653. The van der Waals surface area contributed by atoms with Crippen molar-refractivity contribution >= 4 is 11.8 Å². The van der Waals surface area contributed by atoms with Gasteiger partial charge in [-0.3, -0.25) is 0 Å². The molecule has 2 nitrogen and oxygen atoms in total. The van der Waals surface area contributed by atoms with Gasteiger partial charge in [0.2, 0.25) is 0 Å². The van der Waals surface area contributed by atoms with Crippen molar-refractivity contribution in [1.29, 1.82) is 0 Å². The molecule has 0 aliphatic carbocycles. The van der Waals surface area contributed by atoms with Crippen LogP contribution in [0, 0.1) is 0 Å². The summed E-state index contributed by atoms with van der Waals surface area (Å²) in [5.74, 6) is 0.687. The second-order valence-corrected chi connectivity index (χ2v) is 5.66. The predicted octanol–water partition coefficient (Wildman–Crippen LogP) is 3.87. The van der Waals surface area contributed by atoms with E-state index in [1.165, 1.54) is 12.1 Å². The van der Waals surface area contributed by atoms with Crippen LogP contribution in [0.2, 0.25) is 0 Å². The van der Waals surface area contributed by atoms with Gasteiger partial charge < -0.3 is 10.1 Å². The van der Waals surface area contributed by atoms with E-state index in [0.717, 1.165) is 23.3 Å². The van der Waals surface area contributed by atoms with E-state index in [0.29, 0.717) is 5.25 Å². The van der Waals surface area contributed by atoms with E-state index in [1.807, 2.05) is 18.8 Å². The van der Waals surface area contributed by atoms with Crippen LogP contribution in [0.4, 0.5) is 13.2 Å². The molecule has 0 saturated carbocycles. The van der Waals surface area contributed by atoms with Gasteiger partial charge in [-0.15, -0.1) is 13.2 Å². The van der Waals surface area contributed by atoms with Gasteiger partial charge in [0.1, 0.15) is 5.75 Å². The van der Waals surface area contributed by atoms with Gasteiger partial charge in [0.05, 0.1) is 0 Å². The lowest BCUT2D eigenvalue weighted by Crippen LogP contribution is -2.31. The maximum atomic E-state index is 12.3. The Kier molecular flexibility index (Phi) is 4.30. The highest BCUT2D eigenvalue weighted by Crippen LogP contribution is 2.40. The Bertz CT molecular complexity index is 450. The summed E-state index contributed by atoms with van der Waals surface area (Å²) in [6, 6.07) is 4.67. The molecule has 106 valence electrons. The lowest BCUT2D eigenvalue weighted by Gasteiger charge is -2.32. The molecule has 1 aromatic rings. The molecular formula is C13H16F3NOS. The number of hydrogen-bond donors (Lipinski definition) is 1. The highest BCUT2D eigenvalue weighted by molar-refractivity contribution is 7.99. The first kappa shape index (κ1) is 14.5. The molecule has 1 aliphatic heterocycles. The van der Waals surface area contributed by atoms with Crippen molar-refractivity contribution in [1.82, 2.24) is 5.32 Å². The molecule has 6 heteroatoms. The van der Waals surface area contributed by atoms with Gasteiger partial charge in [0, 0.05) is 17.0 Å². The molecule has 0 aromatic heterocycles. The molecule has 0 spiro atoms. The Labute approximate surface area is 114 Å². The molecule has 2 rings (SSSR count). The van der Waals surface area contributed by atoms with Crippen LogP contribution in [-0.2, 0) is 5.75 Å². The third-order valence-corrected chi connectivity index (χ3v) is 4.74. The molecule has 1 aromatic carbocycles. The molecule has 0 fully saturated rings. The van der Waals surface area contributed by atoms with Crippen molar-refractivity contribution in [3.05, 3.63) is 29.3 Å². The normalized spacial score (nSPS) is 23.0. The van der Waals surface area contributed by atoms with Crippen LogP contribution < -0.4 is 10.1 Å². The average Bonchev–Trinajstić information content (AvgIpc) is 2.35. The molecule has 1 heterocycles. The van der Waals surface area contributed by atoms with Gasteiger partial charge in [-0.25, -0.2) is 0 Å². The van der Waals surface area contributed by atoms with Crippen LogP contribution in [-0.4, -0.2) is 18.7 Å². The first-order valence-electron chi connectivity index (χ1n) is 6.12. The van der Waals surface area contributed by atoms with E-state index in [2.05, 4.69) is 17.0 Å². The van der Waals surface area contributed by atoms with Gasteiger partial charge in [0.15, 0.2) is 0 Å². The van der Waals surface area contributed by atoms with Crippen molar-refractivity contribution in [3.8, 4) is 5.75 Å². The molecule has 19 heavy (non-hydrogen) atoms. The Morgan fingerprint density at radius 2 is 2.16 bits per heavy atom. The fourth-order valence-electron chi connectivity index (χ4n) is 2.38. The molecule has 1 N–H and O–H groups in total. The summed E-state index contributed by atoms with van der Waals surface area (Å²) in [4.78, 5) is 0. The van der Waals surface area contributed by atoms with Crippen LogP contribution in [0.5, 0.6) is 5.75 Å². The van der Waals surface area contributed by atoms with Gasteiger partial charge in [-0.05, 0) is 36.7 Å². The number of rotatable bonds is 3. The van der Waals surface area contributed by atoms with Gasteiger partial charge >= 0.3 is 6.36 Å². The second kappa shape index (κ2) is 5.63. The van der Waals surface area contributed by atoms with E-state index < -0.39 is 6.36 Å². The van der Waals surface area contributed by atoms with Gasteiger partial charge in [-0.2, -0.15) is 11.8 Å². The summed E-state index contributed by atoms with van der Waals surface area (Å²) in [7, 11) is 1.83. The monoisotopic (exact) mass is 291 g/mol. The number of thioether (sulfide) groups is 1. The zero-order valence-corrected chi connectivity index (χ0v) is 11.6. The Morgan fingerprint density at radius 1 is 1.42 bits per heavy atom. The van der Waals surface area contributed by atoms with Crippen LogP contribution in [0.3, 0.4) is 0 Å². The standard InChI is InChI=1S/C13H16F3NOS/c1-3-11-12(17-2)10-6-9(18-13(14,15)16)5-4-8(10)7-19-11/h4-6,11-12,17H,3,7H2,1-2H3. The number of ether oxygens (including phenoxy) is 1. The third kappa shape index (κ3) is 3.36. The topological polar surface area (TPSA) is 21.3 Å². The molecular weight excluding hydrogens is 275 g/mol. The number of alkyl halides is 3. The van der Waals surface area contributed by atoms with Crippen molar-refractivity contribution < 1.29 is 17.9 Å². The lowest BCUT2D eigenvalue weighted by atomic mass is 9.96. The van der Waals surface area contributed by atoms with Crippen molar-refractivity contribution in [3.63, 3.8) is 0 Å². The second-order valence-electron chi connectivity index (χ2n) is 4.43. The van der Waals surface area contributed by atoms with E-state index in [1.54, 1.807) is 6.07 Å². The van der Waals surface area contributed by atoms with Gasteiger partial charge in [0.25, 0.3) is 0 Å². The van der Waals surface area contributed by atoms with E-state index >= 15 is 0 Å². The highest BCUT2D eigenvalue weighted by atomic mass is 32.2. The smallest absolute Gasteiger partial charge is 0.406 e. The Hall–Kier alpha value is -0.880. The fourth-order valence-corrected chi connectivity index (χ4v) is 3.75. The zero-order chi connectivity index (χ0) is 14.0. The van der Waals surface area contributed by atoms with Crippen molar-refractivity contribution in [2.24, 2.45) is 0 Å². The quantitative estimate of drug-likeness (QED) is 0.913. The first-order chi connectivity index (χ1) is 8.94. The van der Waals surface area contributed by atoms with Gasteiger partial charge in [-0.1, -0.05) is 13.0 Å². The molecule has 0 saturated heterocycles. The fraction of sp³-hybridized carbons (Fsp3) is 0.538. The number of fused-ring (bicyclic) bond motifs is 1. The predicted molar refractivity (Wildman–Crippen MR) is 70.3 cm³/mol. The maximum absolute atomic E-state index is 12.3. The summed E-state index contributed by atoms with van der Waals surface area (Å²) in [6.45, 7) is 2.09. The van der Waals surface area contributed by atoms with E-state index in [-0.39, 0.29) is 11.8 Å². The van der Waals surface area contributed by atoms with E-state index in [4.69, 9.17) is 0 Å². The molecule has 0 radical (unpaired) electrons. The molecule has 2 atom stereocenters. The van der Waals surface area contributed by atoms with Crippen LogP contribution in [0.1, 0.15) is 30.5 Å². The summed E-state index contributed by atoms with van der Waals surface area (Å²) < 4.78 is 40.8. The summed E-state index contributed by atoms with van der Waals surface area (Å²) >= 11 is 1.83. The summed E-state index contributed by atoms with van der Waals surface area (Å²) in [5.41, 5.74) is 1.98. The third-order valence-electron chi connectivity index (χ3n) is 3.22. The molecule has 0 amide bonds. The SMILES string of the molecule is CCC1SCc2ccc(OC(F)(F)F)cc2C1NC. The minimum Gasteiger partial charge on any atom is -0.406 e. The Balaban J connectivity index is 2.31. The average molecular weight is 291 g/mol. The van der Waals surface area contributed by atoms with Crippen molar-refractivity contribution in [2.75, 3.05) is 7.05 Å². The van der Waals surface area contributed by atoms with E-state index in [9.17, 15) is 13.2 Å². The van der Waals surface area contributed by atoms with Crippen LogP contribution >= 0.6 is 11.8 Å². The highest BCUT2D eigenvalue weighted by Gasteiger charge is 2.33. The molecule has 1 aliphatic rings. The maximum Gasteiger partial charge on any atom is 0.573 e. The summed E-state index contributed by atoms with van der Waals surface area (Å²) in [6.07, 6.45) is -3.67. The Morgan fingerprint density at radius 3 is 2.74 bits per heavy atom. The van der Waals surface area contributed by atoms with Crippen molar-refractivity contribution in [2.45, 2.75) is 36.8 Å². The number of halogens is 3. The van der Waals surface area contributed by atoms with Crippen LogP contribution in [0.15, 0.2) is 18.2 Å². The summed E-state index contributed by atoms with van der Waals surface area (Å²) in [5, 5.41) is 3.57. The number of hydrogen-bond acceptors (Lipinski definition) is 3. The largest absolute Gasteiger partial charge is 0.573 e. The first-order valence-corrected chi connectivity index (χ1v) is 7.17. The molecule has 2 unspecified atom stereocenters.